The van der Waals surface area contributed by atoms with Crippen LogP contribution in [0.2, 0.25) is 0 Å². The van der Waals surface area contributed by atoms with Crippen LogP contribution in [0.25, 0.3) is 0 Å². The van der Waals surface area contributed by atoms with E-state index in [9.17, 15) is 0 Å². The molecule has 2 aromatic rings. The van der Waals surface area contributed by atoms with Gasteiger partial charge in [-0.05, 0) is 42.2 Å². The fraction of sp³-hybridized carbons (Fsp3) is 0.154. The van der Waals surface area contributed by atoms with Crippen molar-refractivity contribution in [3.05, 3.63) is 53.9 Å². The largest absolute Gasteiger partial charge is 0.488 e. The molecular formula is C13H14BNO3. The zero-order valence-corrected chi connectivity index (χ0v) is 10.1. The number of ether oxygens (including phenoxy) is 1. The zero-order chi connectivity index (χ0) is 13.0. The van der Waals surface area contributed by atoms with Crippen LogP contribution in [0.15, 0.2) is 42.6 Å². The van der Waals surface area contributed by atoms with Gasteiger partial charge in [-0.15, -0.1) is 0 Å². The van der Waals surface area contributed by atoms with Gasteiger partial charge in [0.1, 0.15) is 12.4 Å². The van der Waals surface area contributed by atoms with Gasteiger partial charge in [0, 0.05) is 6.20 Å². The SMILES string of the molecule is Cc1cc(OCc2ccccn2)ccc1B(O)O. The molecule has 1 aromatic carbocycles. The Morgan fingerprint density at radius 3 is 2.67 bits per heavy atom. The van der Waals surface area contributed by atoms with Crippen LogP contribution in [-0.4, -0.2) is 22.2 Å². The minimum atomic E-state index is -1.45. The molecule has 0 amide bonds. The van der Waals surface area contributed by atoms with Gasteiger partial charge in [-0.3, -0.25) is 4.98 Å². The van der Waals surface area contributed by atoms with Crippen molar-refractivity contribution < 1.29 is 14.8 Å². The van der Waals surface area contributed by atoms with E-state index in [0.717, 1.165) is 11.3 Å². The Bertz CT molecular complexity index is 517. The van der Waals surface area contributed by atoms with Crippen LogP contribution in [0, 0.1) is 6.92 Å². The first-order chi connectivity index (χ1) is 8.66. The molecular weight excluding hydrogens is 229 g/mol. The van der Waals surface area contributed by atoms with E-state index >= 15 is 0 Å². The van der Waals surface area contributed by atoms with Crippen molar-refractivity contribution in [2.75, 3.05) is 0 Å². The third-order valence-corrected chi connectivity index (χ3v) is 2.63. The van der Waals surface area contributed by atoms with E-state index in [2.05, 4.69) is 4.98 Å². The summed E-state index contributed by atoms with van der Waals surface area (Å²) >= 11 is 0. The first-order valence-electron chi connectivity index (χ1n) is 5.66. The maximum Gasteiger partial charge on any atom is 0.488 e. The Hall–Kier alpha value is -1.85. The highest BCUT2D eigenvalue weighted by Gasteiger charge is 2.13. The lowest BCUT2D eigenvalue weighted by atomic mass is 9.77. The van der Waals surface area contributed by atoms with Crippen molar-refractivity contribution in [1.82, 2.24) is 4.98 Å². The van der Waals surface area contributed by atoms with Crippen molar-refractivity contribution in [1.29, 1.82) is 0 Å². The molecule has 2 rings (SSSR count). The molecule has 0 saturated heterocycles. The second kappa shape index (κ2) is 5.66. The number of aryl methyl sites for hydroxylation is 1. The fourth-order valence-corrected chi connectivity index (χ4v) is 1.67. The van der Waals surface area contributed by atoms with Gasteiger partial charge in [0.15, 0.2) is 0 Å². The molecule has 1 aromatic heterocycles. The summed E-state index contributed by atoms with van der Waals surface area (Å²) in [5, 5.41) is 18.2. The summed E-state index contributed by atoms with van der Waals surface area (Å²) in [4.78, 5) is 4.16. The average Bonchev–Trinajstić information content (AvgIpc) is 2.37. The van der Waals surface area contributed by atoms with Crippen molar-refractivity contribution in [2.24, 2.45) is 0 Å². The summed E-state index contributed by atoms with van der Waals surface area (Å²) in [6, 6.07) is 10.8. The van der Waals surface area contributed by atoms with Gasteiger partial charge in [-0.1, -0.05) is 12.1 Å². The number of rotatable bonds is 4. The van der Waals surface area contributed by atoms with Crippen LogP contribution in [0.1, 0.15) is 11.3 Å². The molecule has 4 nitrogen and oxygen atoms in total. The number of nitrogens with zero attached hydrogens (tertiary/aromatic N) is 1. The smallest absolute Gasteiger partial charge is 0.487 e. The second-order valence-corrected chi connectivity index (χ2v) is 4.00. The Balaban J connectivity index is 2.05. The molecule has 0 radical (unpaired) electrons. The third-order valence-electron chi connectivity index (χ3n) is 2.63. The van der Waals surface area contributed by atoms with Gasteiger partial charge in [-0.2, -0.15) is 0 Å². The van der Waals surface area contributed by atoms with Crippen molar-refractivity contribution >= 4 is 12.6 Å². The molecule has 2 N–H and O–H groups in total. The van der Waals surface area contributed by atoms with Gasteiger partial charge in [0.05, 0.1) is 5.69 Å². The first-order valence-corrected chi connectivity index (χ1v) is 5.66. The van der Waals surface area contributed by atoms with E-state index in [-0.39, 0.29) is 0 Å². The zero-order valence-electron chi connectivity index (χ0n) is 10.1. The minimum absolute atomic E-state index is 0.390. The maximum absolute atomic E-state index is 9.11. The standard InChI is InChI=1S/C13H14BNO3/c1-10-8-12(5-6-13(10)14(16)17)18-9-11-4-2-3-7-15-11/h2-8,16-17H,9H2,1H3. The highest BCUT2D eigenvalue weighted by atomic mass is 16.5. The molecule has 92 valence electrons. The molecule has 5 heteroatoms. The molecule has 0 fully saturated rings. The van der Waals surface area contributed by atoms with Crippen LogP contribution in [0.5, 0.6) is 5.75 Å². The summed E-state index contributed by atoms with van der Waals surface area (Å²) in [5.41, 5.74) is 2.12. The highest BCUT2D eigenvalue weighted by molar-refractivity contribution is 6.59. The summed E-state index contributed by atoms with van der Waals surface area (Å²) in [5.74, 6) is 0.683. The van der Waals surface area contributed by atoms with E-state index in [1.54, 1.807) is 24.4 Å². The van der Waals surface area contributed by atoms with E-state index in [1.165, 1.54) is 0 Å². The van der Waals surface area contributed by atoms with Crippen LogP contribution >= 0.6 is 0 Å². The van der Waals surface area contributed by atoms with E-state index in [0.29, 0.717) is 17.8 Å². The maximum atomic E-state index is 9.11. The molecule has 0 aliphatic heterocycles. The number of benzene rings is 1. The van der Waals surface area contributed by atoms with Gasteiger partial charge in [0.25, 0.3) is 0 Å². The summed E-state index contributed by atoms with van der Waals surface area (Å²) in [6.45, 7) is 2.20. The molecule has 0 atom stereocenters. The van der Waals surface area contributed by atoms with Gasteiger partial charge in [0.2, 0.25) is 0 Å². The predicted octanol–water partition coefficient (Wildman–Crippen LogP) is 0.649. The quantitative estimate of drug-likeness (QED) is 0.774. The van der Waals surface area contributed by atoms with Crippen molar-refractivity contribution in [3.8, 4) is 5.75 Å². The van der Waals surface area contributed by atoms with E-state index in [4.69, 9.17) is 14.8 Å². The first kappa shape index (κ1) is 12.6. The van der Waals surface area contributed by atoms with E-state index < -0.39 is 7.12 Å². The van der Waals surface area contributed by atoms with E-state index in [1.807, 2.05) is 25.1 Å². The van der Waals surface area contributed by atoms with Crippen molar-refractivity contribution in [3.63, 3.8) is 0 Å². The normalized spacial score (nSPS) is 10.2. The third kappa shape index (κ3) is 3.09. The summed E-state index contributed by atoms with van der Waals surface area (Å²) in [6.07, 6.45) is 1.72. The number of pyridine rings is 1. The van der Waals surface area contributed by atoms with Crippen LogP contribution < -0.4 is 10.2 Å². The Kier molecular flexibility index (Phi) is 3.97. The molecule has 0 saturated carbocycles. The van der Waals surface area contributed by atoms with Gasteiger partial charge in [-0.25, -0.2) is 0 Å². The molecule has 0 bridgehead atoms. The number of hydrogen-bond donors (Lipinski definition) is 2. The lowest BCUT2D eigenvalue weighted by Gasteiger charge is -2.09. The molecule has 0 aliphatic carbocycles. The topological polar surface area (TPSA) is 62.6 Å². The fourth-order valence-electron chi connectivity index (χ4n) is 1.67. The minimum Gasteiger partial charge on any atom is -0.487 e. The van der Waals surface area contributed by atoms with Gasteiger partial charge >= 0.3 is 7.12 Å². The van der Waals surface area contributed by atoms with Crippen LogP contribution in [0.4, 0.5) is 0 Å². The predicted molar refractivity (Wildman–Crippen MR) is 69.6 cm³/mol. The van der Waals surface area contributed by atoms with Gasteiger partial charge < -0.3 is 14.8 Å². The molecule has 0 spiro atoms. The number of hydrogen-bond acceptors (Lipinski definition) is 4. The second-order valence-electron chi connectivity index (χ2n) is 4.00. The van der Waals surface area contributed by atoms with Crippen LogP contribution in [0.3, 0.4) is 0 Å². The lowest BCUT2D eigenvalue weighted by molar-refractivity contribution is 0.301. The van der Waals surface area contributed by atoms with Crippen molar-refractivity contribution in [2.45, 2.75) is 13.5 Å². The monoisotopic (exact) mass is 243 g/mol. The summed E-state index contributed by atoms with van der Waals surface area (Å²) < 4.78 is 5.58. The lowest BCUT2D eigenvalue weighted by Crippen LogP contribution is -2.31. The Morgan fingerprint density at radius 2 is 2.06 bits per heavy atom. The number of aromatic nitrogens is 1. The molecule has 0 unspecified atom stereocenters. The van der Waals surface area contributed by atoms with Crippen LogP contribution in [-0.2, 0) is 6.61 Å². The average molecular weight is 243 g/mol. The molecule has 0 aliphatic rings. The summed E-state index contributed by atoms with van der Waals surface area (Å²) in [7, 11) is -1.45. The highest BCUT2D eigenvalue weighted by Crippen LogP contribution is 2.13. The Labute approximate surface area is 106 Å². The molecule has 1 heterocycles. The molecule has 18 heavy (non-hydrogen) atoms. The Morgan fingerprint density at radius 1 is 1.22 bits per heavy atom.